The van der Waals surface area contributed by atoms with Crippen molar-refractivity contribution in [3.05, 3.63) is 34.9 Å². The number of benzene rings is 1. The molecule has 21 heavy (non-hydrogen) atoms. The molecule has 1 saturated carbocycles. The Labute approximate surface area is 132 Å². The quantitative estimate of drug-likeness (QED) is 0.877. The van der Waals surface area contributed by atoms with Crippen molar-refractivity contribution in [2.45, 2.75) is 51.0 Å². The lowest BCUT2D eigenvalue weighted by atomic mass is 9.78. The van der Waals surface area contributed by atoms with Crippen molar-refractivity contribution in [3.8, 4) is 0 Å². The van der Waals surface area contributed by atoms with Gasteiger partial charge in [0.2, 0.25) is 5.91 Å². The Kier molecular flexibility index (Phi) is 5.28. The maximum Gasteiger partial charge on any atom is 0.224 e. The van der Waals surface area contributed by atoms with E-state index in [0.29, 0.717) is 6.54 Å². The average molecular weight is 309 g/mol. The Morgan fingerprint density at radius 3 is 2.62 bits per heavy atom. The number of halogens is 1. The van der Waals surface area contributed by atoms with E-state index in [9.17, 15) is 4.79 Å². The Morgan fingerprint density at radius 1 is 1.38 bits per heavy atom. The van der Waals surface area contributed by atoms with Crippen LogP contribution in [0.3, 0.4) is 0 Å². The zero-order chi connectivity index (χ0) is 15.5. The van der Waals surface area contributed by atoms with E-state index in [2.05, 4.69) is 11.4 Å². The number of nitrogens with one attached hydrogen (secondary N) is 1. The van der Waals surface area contributed by atoms with Crippen molar-refractivity contribution in [1.29, 1.82) is 0 Å². The van der Waals surface area contributed by atoms with E-state index in [-0.39, 0.29) is 23.3 Å². The Hall–Kier alpha value is -1.06. The molecule has 4 heteroatoms. The average Bonchev–Trinajstić information content (AvgIpc) is 2.94. The molecule has 0 heterocycles. The third kappa shape index (κ3) is 3.78. The van der Waals surface area contributed by atoms with Crippen LogP contribution >= 0.6 is 11.6 Å². The monoisotopic (exact) mass is 308 g/mol. The molecule has 2 rings (SSSR count). The first-order chi connectivity index (χ1) is 9.94. The van der Waals surface area contributed by atoms with Gasteiger partial charge in [0.05, 0.1) is 0 Å². The van der Waals surface area contributed by atoms with Gasteiger partial charge in [0.1, 0.15) is 0 Å². The van der Waals surface area contributed by atoms with E-state index in [1.165, 1.54) is 18.4 Å². The minimum Gasteiger partial charge on any atom is -0.355 e. The van der Waals surface area contributed by atoms with Crippen LogP contribution in [0.15, 0.2) is 24.3 Å². The van der Waals surface area contributed by atoms with Gasteiger partial charge in [0.15, 0.2) is 0 Å². The Morgan fingerprint density at radius 2 is 2.05 bits per heavy atom. The molecule has 1 aliphatic rings. The van der Waals surface area contributed by atoms with Gasteiger partial charge in [-0.1, -0.05) is 43.5 Å². The molecule has 0 aromatic heterocycles. The number of amides is 1. The summed E-state index contributed by atoms with van der Waals surface area (Å²) in [6.45, 7) is 4.41. The second-order valence-corrected chi connectivity index (χ2v) is 6.80. The van der Waals surface area contributed by atoms with Gasteiger partial charge in [-0.05, 0) is 37.5 Å². The van der Waals surface area contributed by atoms with E-state index in [0.717, 1.165) is 17.9 Å². The first kappa shape index (κ1) is 16.3. The van der Waals surface area contributed by atoms with Crippen LogP contribution in [-0.4, -0.2) is 18.5 Å². The highest BCUT2D eigenvalue weighted by atomic mass is 35.5. The topological polar surface area (TPSA) is 55.1 Å². The predicted octanol–water partition coefficient (Wildman–Crippen LogP) is 3.25. The van der Waals surface area contributed by atoms with Gasteiger partial charge >= 0.3 is 0 Å². The zero-order valence-electron chi connectivity index (χ0n) is 12.9. The molecule has 0 aliphatic heterocycles. The van der Waals surface area contributed by atoms with Crippen LogP contribution in [0.5, 0.6) is 0 Å². The first-order valence-electron chi connectivity index (χ1n) is 7.74. The van der Waals surface area contributed by atoms with Crippen LogP contribution in [0.25, 0.3) is 0 Å². The van der Waals surface area contributed by atoms with Crippen molar-refractivity contribution < 1.29 is 4.79 Å². The van der Waals surface area contributed by atoms with Crippen LogP contribution in [0.4, 0.5) is 0 Å². The molecule has 3 nitrogen and oxygen atoms in total. The predicted molar refractivity (Wildman–Crippen MR) is 87.4 cm³/mol. The molecular formula is C17H25ClN2O. The maximum absolute atomic E-state index is 12.2. The fourth-order valence-corrected chi connectivity index (χ4v) is 3.28. The van der Waals surface area contributed by atoms with Crippen LogP contribution in [-0.2, 0) is 10.2 Å². The SMILES string of the molecule is CC(N)C(C)C(=O)NCC1(c2cccc(Cl)c2)CCCC1. The van der Waals surface area contributed by atoms with Gasteiger partial charge in [-0.3, -0.25) is 4.79 Å². The molecule has 2 unspecified atom stereocenters. The fraction of sp³-hybridized carbons (Fsp3) is 0.588. The zero-order valence-corrected chi connectivity index (χ0v) is 13.6. The highest BCUT2D eigenvalue weighted by molar-refractivity contribution is 6.30. The molecule has 0 spiro atoms. The summed E-state index contributed by atoms with van der Waals surface area (Å²) >= 11 is 6.14. The molecule has 3 N–H and O–H groups in total. The van der Waals surface area contributed by atoms with E-state index >= 15 is 0 Å². The Balaban J connectivity index is 2.11. The molecule has 0 bridgehead atoms. The number of hydrogen-bond acceptors (Lipinski definition) is 2. The molecule has 1 fully saturated rings. The number of hydrogen-bond donors (Lipinski definition) is 2. The molecule has 2 atom stereocenters. The van der Waals surface area contributed by atoms with Gasteiger partial charge in [-0.15, -0.1) is 0 Å². The lowest BCUT2D eigenvalue weighted by Gasteiger charge is -2.31. The number of rotatable bonds is 5. The van der Waals surface area contributed by atoms with Gasteiger partial charge < -0.3 is 11.1 Å². The maximum atomic E-state index is 12.2. The first-order valence-corrected chi connectivity index (χ1v) is 8.12. The minimum absolute atomic E-state index is 0.0259. The van der Waals surface area contributed by atoms with E-state index in [1.807, 2.05) is 32.0 Å². The summed E-state index contributed by atoms with van der Waals surface area (Å²) < 4.78 is 0. The lowest BCUT2D eigenvalue weighted by molar-refractivity contribution is -0.125. The fourth-order valence-electron chi connectivity index (χ4n) is 3.09. The molecule has 116 valence electrons. The number of nitrogens with two attached hydrogens (primary N) is 1. The van der Waals surface area contributed by atoms with Crippen molar-refractivity contribution in [1.82, 2.24) is 5.32 Å². The normalized spacial score (nSPS) is 20.0. The third-order valence-corrected chi connectivity index (χ3v) is 5.04. The summed E-state index contributed by atoms with van der Waals surface area (Å²) in [6.07, 6.45) is 4.59. The standard InChI is InChI=1S/C17H25ClN2O/c1-12(13(2)19)16(21)20-11-17(8-3-4-9-17)14-6-5-7-15(18)10-14/h5-7,10,12-13H,3-4,8-9,11,19H2,1-2H3,(H,20,21). The second-order valence-electron chi connectivity index (χ2n) is 6.36. The summed E-state index contributed by atoms with van der Waals surface area (Å²) in [5.41, 5.74) is 7.07. The molecule has 1 amide bonds. The minimum atomic E-state index is -0.164. The molecule has 0 radical (unpaired) electrons. The van der Waals surface area contributed by atoms with Crippen LogP contribution in [0, 0.1) is 5.92 Å². The van der Waals surface area contributed by atoms with E-state index in [1.54, 1.807) is 0 Å². The summed E-state index contributed by atoms with van der Waals surface area (Å²) in [6, 6.07) is 7.91. The lowest BCUT2D eigenvalue weighted by Crippen LogP contribution is -2.44. The van der Waals surface area contributed by atoms with Crippen LogP contribution in [0.2, 0.25) is 5.02 Å². The molecule has 1 aliphatic carbocycles. The summed E-state index contributed by atoms with van der Waals surface area (Å²) in [4.78, 5) is 12.2. The smallest absolute Gasteiger partial charge is 0.224 e. The van der Waals surface area contributed by atoms with Crippen molar-refractivity contribution in [2.75, 3.05) is 6.54 Å². The molecule has 1 aromatic carbocycles. The van der Waals surface area contributed by atoms with Crippen molar-refractivity contribution >= 4 is 17.5 Å². The van der Waals surface area contributed by atoms with Gasteiger partial charge in [-0.2, -0.15) is 0 Å². The van der Waals surface area contributed by atoms with Crippen molar-refractivity contribution in [3.63, 3.8) is 0 Å². The van der Waals surface area contributed by atoms with E-state index < -0.39 is 0 Å². The van der Waals surface area contributed by atoms with Gasteiger partial charge in [0, 0.05) is 28.9 Å². The third-order valence-electron chi connectivity index (χ3n) is 4.80. The van der Waals surface area contributed by atoms with Crippen molar-refractivity contribution in [2.24, 2.45) is 11.7 Å². The largest absolute Gasteiger partial charge is 0.355 e. The van der Waals surface area contributed by atoms with Crippen LogP contribution in [0.1, 0.15) is 45.1 Å². The van der Waals surface area contributed by atoms with Gasteiger partial charge in [0.25, 0.3) is 0 Å². The number of carbonyl (C=O) groups excluding carboxylic acids is 1. The highest BCUT2D eigenvalue weighted by Gasteiger charge is 2.36. The molecular weight excluding hydrogens is 284 g/mol. The Bertz CT molecular complexity index is 495. The summed E-state index contributed by atoms with van der Waals surface area (Å²) in [5, 5.41) is 3.86. The number of carbonyl (C=O) groups is 1. The second kappa shape index (κ2) is 6.80. The van der Waals surface area contributed by atoms with E-state index in [4.69, 9.17) is 17.3 Å². The summed E-state index contributed by atoms with van der Waals surface area (Å²) in [7, 11) is 0. The summed E-state index contributed by atoms with van der Waals surface area (Å²) in [5.74, 6) is -0.124. The highest BCUT2D eigenvalue weighted by Crippen LogP contribution is 2.41. The van der Waals surface area contributed by atoms with Crippen LogP contribution < -0.4 is 11.1 Å². The molecule has 1 aromatic rings. The molecule has 0 saturated heterocycles. The van der Waals surface area contributed by atoms with Gasteiger partial charge in [-0.25, -0.2) is 0 Å².